The van der Waals surface area contributed by atoms with Gasteiger partial charge in [-0.2, -0.15) is 0 Å². The predicted octanol–water partition coefficient (Wildman–Crippen LogP) is 1.92. The van der Waals surface area contributed by atoms with E-state index in [-0.39, 0.29) is 18.4 Å². The molecule has 1 aliphatic rings. The number of aryl methyl sites for hydroxylation is 1. The molecule has 1 amide bonds. The lowest BCUT2D eigenvalue weighted by Crippen LogP contribution is -2.37. The summed E-state index contributed by atoms with van der Waals surface area (Å²) in [6.07, 6.45) is 3.81. The molecule has 0 bridgehead atoms. The summed E-state index contributed by atoms with van der Waals surface area (Å²) in [6, 6.07) is 1.48. The van der Waals surface area contributed by atoms with Gasteiger partial charge in [-0.3, -0.25) is 9.59 Å². The highest BCUT2D eigenvalue weighted by Crippen LogP contribution is 2.24. The molecule has 18 heavy (non-hydrogen) atoms. The molecule has 1 aliphatic heterocycles. The van der Waals surface area contributed by atoms with Crippen molar-refractivity contribution >= 4 is 11.9 Å². The number of carbonyl (C=O) groups excluding carboxylic acids is 1. The zero-order valence-electron chi connectivity index (χ0n) is 10.4. The Morgan fingerprint density at radius 1 is 1.56 bits per heavy atom. The fraction of sp³-hybridized carbons (Fsp3) is 0.538. The Bertz CT molecular complexity index is 452. The number of aliphatic carboxylic acids is 1. The molecule has 1 unspecified atom stereocenters. The van der Waals surface area contributed by atoms with Crippen LogP contribution in [0.25, 0.3) is 0 Å². The van der Waals surface area contributed by atoms with Crippen LogP contribution in [0.15, 0.2) is 16.7 Å². The average molecular weight is 251 g/mol. The Labute approximate surface area is 105 Å². The Hall–Kier alpha value is -1.78. The molecule has 1 fully saturated rings. The lowest BCUT2D eigenvalue weighted by Gasteiger charge is -2.23. The molecule has 5 nitrogen and oxygen atoms in total. The van der Waals surface area contributed by atoms with Gasteiger partial charge in [0, 0.05) is 19.0 Å². The summed E-state index contributed by atoms with van der Waals surface area (Å²) in [7, 11) is 0. The largest absolute Gasteiger partial charge is 0.481 e. The van der Waals surface area contributed by atoms with Gasteiger partial charge in [-0.05, 0) is 18.9 Å². The van der Waals surface area contributed by atoms with E-state index in [1.165, 1.54) is 6.26 Å². The van der Waals surface area contributed by atoms with Crippen LogP contribution < -0.4 is 0 Å². The zero-order valence-corrected chi connectivity index (χ0v) is 10.4. The van der Waals surface area contributed by atoms with Gasteiger partial charge in [0.05, 0.1) is 18.2 Å². The zero-order chi connectivity index (χ0) is 13.1. The first-order valence-electron chi connectivity index (χ1n) is 6.22. The number of carbonyl (C=O) groups is 2. The third-order valence-electron chi connectivity index (χ3n) is 3.35. The van der Waals surface area contributed by atoms with Crippen LogP contribution in [0, 0.1) is 0 Å². The molecular weight excluding hydrogens is 234 g/mol. The molecule has 0 saturated carbocycles. The summed E-state index contributed by atoms with van der Waals surface area (Å²) in [5.74, 6) is -0.298. The summed E-state index contributed by atoms with van der Waals surface area (Å²) in [5, 5.41) is 8.85. The number of likely N-dealkylation sites (tertiary alicyclic amines) is 1. The van der Waals surface area contributed by atoms with Crippen molar-refractivity contribution in [2.75, 3.05) is 6.54 Å². The van der Waals surface area contributed by atoms with E-state index < -0.39 is 5.97 Å². The first-order valence-corrected chi connectivity index (χ1v) is 6.22. The van der Waals surface area contributed by atoms with Gasteiger partial charge >= 0.3 is 5.97 Å². The topological polar surface area (TPSA) is 70.8 Å². The highest BCUT2D eigenvalue weighted by molar-refractivity contribution is 5.95. The Morgan fingerprint density at radius 2 is 2.33 bits per heavy atom. The van der Waals surface area contributed by atoms with E-state index >= 15 is 0 Å². The minimum Gasteiger partial charge on any atom is -0.481 e. The summed E-state index contributed by atoms with van der Waals surface area (Å²) < 4.78 is 5.25. The van der Waals surface area contributed by atoms with E-state index in [1.807, 2.05) is 6.92 Å². The highest BCUT2D eigenvalue weighted by atomic mass is 16.4. The molecule has 1 aromatic rings. The van der Waals surface area contributed by atoms with Crippen molar-refractivity contribution in [2.24, 2.45) is 0 Å². The quantitative estimate of drug-likeness (QED) is 0.887. The molecule has 1 N–H and O–H groups in total. The van der Waals surface area contributed by atoms with Gasteiger partial charge < -0.3 is 14.4 Å². The minimum atomic E-state index is -0.859. The first kappa shape index (κ1) is 12.7. The van der Waals surface area contributed by atoms with E-state index in [9.17, 15) is 9.59 Å². The summed E-state index contributed by atoms with van der Waals surface area (Å²) in [4.78, 5) is 24.8. The highest BCUT2D eigenvalue weighted by Gasteiger charge is 2.32. The van der Waals surface area contributed by atoms with Crippen molar-refractivity contribution in [3.63, 3.8) is 0 Å². The van der Waals surface area contributed by atoms with Crippen LogP contribution in [0.2, 0.25) is 0 Å². The number of furan rings is 1. The Balaban J connectivity index is 2.15. The first-order chi connectivity index (χ1) is 8.63. The van der Waals surface area contributed by atoms with Gasteiger partial charge in [0.15, 0.2) is 0 Å². The summed E-state index contributed by atoms with van der Waals surface area (Å²) >= 11 is 0. The molecule has 0 aromatic carbocycles. The Morgan fingerprint density at radius 3 is 3.00 bits per heavy atom. The predicted molar refractivity (Wildman–Crippen MR) is 64.4 cm³/mol. The van der Waals surface area contributed by atoms with Crippen molar-refractivity contribution in [3.8, 4) is 0 Å². The molecule has 1 saturated heterocycles. The van der Waals surface area contributed by atoms with Gasteiger partial charge in [0.25, 0.3) is 5.91 Å². The third kappa shape index (κ3) is 2.39. The van der Waals surface area contributed by atoms with Gasteiger partial charge in [0.1, 0.15) is 5.76 Å². The number of carboxylic acid groups (broad SMARTS) is 1. The molecule has 5 heteroatoms. The van der Waals surface area contributed by atoms with Crippen LogP contribution in [-0.4, -0.2) is 34.5 Å². The van der Waals surface area contributed by atoms with Crippen molar-refractivity contribution in [1.82, 2.24) is 4.90 Å². The number of amides is 1. The molecule has 1 aromatic heterocycles. The molecule has 1 atom stereocenters. The maximum atomic E-state index is 12.4. The second-order valence-corrected chi connectivity index (χ2v) is 4.50. The Kier molecular flexibility index (Phi) is 3.69. The number of carboxylic acids is 1. The minimum absolute atomic E-state index is 0.0189. The van der Waals surface area contributed by atoms with Gasteiger partial charge in [-0.25, -0.2) is 0 Å². The number of hydrogen-bond donors (Lipinski definition) is 1. The molecule has 0 radical (unpaired) electrons. The van der Waals surface area contributed by atoms with Crippen LogP contribution >= 0.6 is 0 Å². The SMILES string of the molecule is CCc1occc1C(=O)N1CCCC1CC(=O)O. The molecule has 2 rings (SSSR count). The molecule has 0 spiro atoms. The number of rotatable bonds is 4. The average Bonchev–Trinajstić information content (AvgIpc) is 2.95. The summed E-state index contributed by atoms with van der Waals surface area (Å²) in [6.45, 7) is 2.56. The van der Waals surface area contributed by atoms with Gasteiger partial charge in [-0.1, -0.05) is 6.92 Å². The van der Waals surface area contributed by atoms with E-state index in [0.717, 1.165) is 12.8 Å². The van der Waals surface area contributed by atoms with Crippen LogP contribution in [0.3, 0.4) is 0 Å². The van der Waals surface area contributed by atoms with E-state index in [1.54, 1.807) is 11.0 Å². The monoisotopic (exact) mass is 251 g/mol. The van der Waals surface area contributed by atoms with Crippen molar-refractivity contribution in [1.29, 1.82) is 0 Å². The van der Waals surface area contributed by atoms with Crippen molar-refractivity contribution in [2.45, 2.75) is 38.6 Å². The lowest BCUT2D eigenvalue weighted by atomic mass is 10.1. The fourth-order valence-corrected chi connectivity index (χ4v) is 2.48. The standard InChI is InChI=1S/C13H17NO4/c1-2-11-10(5-7-18-11)13(17)14-6-3-4-9(14)8-12(15)16/h5,7,9H,2-4,6,8H2,1H3,(H,15,16). The van der Waals surface area contributed by atoms with E-state index in [2.05, 4.69) is 0 Å². The molecular formula is C13H17NO4. The number of nitrogens with zero attached hydrogens (tertiary/aromatic N) is 1. The third-order valence-corrected chi connectivity index (χ3v) is 3.35. The van der Waals surface area contributed by atoms with Gasteiger partial charge in [0.2, 0.25) is 0 Å². The van der Waals surface area contributed by atoms with E-state index in [0.29, 0.717) is 24.3 Å². The van der Waals surface area contributed by atoms with Gasteiger partial charge in [-0.15, -0.1) is 0 Å². The molecule has 2 heterocycles. The second-order valence-electron chi connectivity index (χ2n) is 4.50. The number of hydrogen-bond acceptors (Lipinski definition) is 3. The maximum Gasteiger partial charge on any atom is 0.305 e. The van der Waals surface area contributed by atoms with Crippen molar-refractivity contribution in [3.05, 3.63) is 23.7 Å². The van der Waals surface area contributed by atoms with Crippen LogP contribution in [0.4, 0.5) is 0 Å². The molecule has 0 aliphatic carbocycles. The van der Waals surface area contributed by atoms with Crippen molar-refractivity contribution < 1.29 is 19.1 Å². The smallest absolute Gasteiger partial charge is 0.305 e. The second kappa shape index (κ2) is 5.25. The van der Waals surface area contributed by atoms with Crippen LogP contribution in [0.1, 0.15) is 42.3 Å². The summed E-state index contributed by atoms with van der Waals surface area (Å²) in [5.41, 5.74) is 0.565. The van der Waals surface area contributed by atoms with Crippen LogP contribution in [0.5, 0.6) is 0 Å². The van der Waals surface area contributed by atoms with E-state index in [4.69, 9.17) is 9.52 Å². The normalized spacial score (nSPS) is 19.2. The fourth-order valence-electron chi connectivity index (χ4n) is 2.48. The lowest BCUT2D eigenvalue weighted by molar-refractivity contribution is -0.137. The molecule has 98 valence electrons. The van der Waals surface area contributed by atoms with Crippen LogP contribution in [-0.2, 0) is 11.2 Å². The maximum absolute atomic E-state index is 12.4.